The van der Waals surface area contributed by atoms with Gasteiger partial charge in [0, 0.05) is 36.6 Å². The fraction of sp³-hybridized carbons (Fsp3) is 0.571. The highest BCUT2D eigenvalue weighted by molar-refractivity contribution is 6.31. The lowest BCUT2D eigenvalue weighted by molar-refractivity contribution is 0.192. The Bertz CT molecular complexity index is 879. The third-order valence-corrected chi connectivity index (χ3v) is 5.35. The molecule has 1 aliphatic rings. The van der Waals surface area contributed by atoms with E-state index in [2.05, 4.69) is 30.7 Å². The summed E-state index contributed by atoms with van der Waals surface area (Å²) in [6.07, 6.45) is 2.11. The van der Waals surface area contributed by atoms with Gasteiger partial charge >= 0.3 is 0 Å². The van der Waals surface area contributed by atoms with E-state index in [1.54, 1.807) is 13.1 Å². The van der Waals surface area contributed by atoms with Gasteiger partial charge in [-0.05, 0) is 37.1 Å². The van der Waals surface area contributed by atoms with Crippen LogP contribution < -0.4 is 10.6 Å². The fourth-order valence-electron chi connectivity index (χ4n) is 3.39. The van der Waals surface area contributed by atoms with Gasteiger partial charge in [0.05, 0.1) is 6.54 Å². The van der Waals surface area contributed by atoms with Crippen molar-refractivity contribution in [3.8, 4) is 0 Å². The monoisotopic (exact) mass is 436 g/mol. The van der Waals surface area contributed by atoms with Crippen molar-refractivity contribution in [1.82, 2.24) is 25.7 Å². The Morgan fingerprint density at radius 1 is 1.40 bits per heavy atom. The van der Waals surface area contributed by atoms with E-state index < -0.39 is 0 Å². The Balaban J connectivity index is 1.52. The molecule has 1 aromatic heterocycles. The molecular formula is C21H30ClFN6O. The summed E-state index contributed by atoms with van der Waals surface area (Å²) in [5.74, 6) is 1.60. The van der Waals surface area contributed by atoms with Gasteiger partial charge in [0.25, 0.3) is 0 Å². The topological polar surface area (TPSA) is 78.6 Å². The van der Waals surface area contributed by atoms with Crippen LogP contribution in [-0.2, 0) is 18.5 Å². The average Bonchev–Trinajstić information content (AvgIpc) is 3.17. The molecule has 1 aromatic carbocycles. The number of hydrogen-bond donors (Lipinski definition) is 2. The highest BCUT2D eigenvalue weighted by Crippen LogP contribution is 2.21. The molecule has 1 aliphatic heterocycles. The summed E-state index contributed by atoms with van der Waals surface area (Å²) in [6.45, 7) is 9.06. The molecule has 9 heteroatoms. The summed E-state index contributed by atoms with van der Waals surface area (Å²) < 4.78 is 18.6. The molecule has 1 fully saturated rings. The van der Waals surface area contributed by atoms with E-state index in [0.717, 1.165) is 31.5 Å². The number of likely N-dealkylation sites (tertiary alicyclic amines) is 1. The van der Waals surface area contributed by atoms with Crippen LogP contribution in [0.5, 0.6) is 0 Å². The lowest BCUT2D eigenvalue weighted by Crippen LogP contribution is -2.50. The molecule has 0 spiro atoms. The number of guanidine groups is 1. The van der Waals surface area contributed by atoms with Gasteiger partial charge in [-0.3, -0.25) is 9.89 Å². The minimum atomic E-state index is -0.312. The zero-order valence-electron chi connectivity index (χ0n) is 18.0. The first kappa shape index (κ1) is 22.5. The van der Waals surface area contributed by atoms with Gasteiger partial charge in [-0.15, -0.1) is 0 Å². The van der Waals surface area contributed by atoms with E-state index in [1.807, 2.05) is 20.8 Å². The summed E-state index contributed by atoms with van der Waals surface area (Å²) in [4.78, 5) is 11.1. The van der Waals surface area contributed by atoms with E-state index in [4.69, 9.17) is 16.1 Å². The fourth-order valence-corrected chi connectivity index (χ4v) is 3.62. The number of nitrogens with zero attached hydrogens (tertiary/aromatic N) is 4. The highest BCUT2D eigenvalue weighted by Gasteiger charge is 2.23. The van der Waals surface area contributed by atoms with Crippen LogP contribution >= 0.6 is 11.6 Å². The van der Waals surface area contributed by atoms with Gasteiger partial charge in [0.2, 0.25) is 5.89 Å². The lowest BCUT2D eigenvalue weighted by Gasteiger charge is -2.34. The Morgan fingerprint density at radius 2 is 2.20 bits per heavy atom. The summed E-state index contributed by atoms with van der Waals surface area (Å²) in [5.41, 5.74) is 0.762. The first-order valence-corrected chi connectivity index (χ1v) is 10.6. The van der Waals surface area contributed by atoms with Crippen LogP contribution in [0.1, 0.15) is 50.9 Å². The molecule has 1 saturated heterocycles. The molecule has 164 valence electrons. The maximum Gasteiger partial charge on any atom is 0.232 e. The molecule has 0 amide bonds. The molecule has 0 saturated carbocycles. The van der Waals surface area contributed by atoms with Crippen LogP contribution in [0.4, 0.5) is 4.39 Å². The average molecular weight is 437 g/mol. The van der Waals surface area contributed by atoms with Crippen molar-refractivity contribution >= 4 is 17.6 Å². The quantitative estimate of drug-likeness (QED) is 0.551. The molecule has 2 N–H and O–H groups in total. The molecule has 7 nitrogen and oxygen atoms in total. The first-order chi connectivity index (χ1) is 14.2. The third kappa shape index (κ3) is 6.15. The second-order valence-electron chi connectivity index (χ2n) is 8.65. The zero-order chi connectivity index (χ0) is 21.7. The van der Waals surface area contributed by atoms with Gasteiger partial charge in [-0.1, -0.05) is 43.6 Å². The number of hydrogen-bond acceptors (Lipinski definition) is 5. The van der Waals surface area contributed by atoms with Crippen LogP contribution in [0, 0.1) is 5.82 Å². The maximum absolute atomic E-state index is 13.3. The molecule has 1 atom stereocenters. The number of aromatic nitrogens is 2. The van der Waals surface area contributed by atoms with Crippen molar-refractivity contribution in [1.29, 1.82) is 0 Å². The zero-order valence-corrected chi connectivity index (χ0v) is 18.8. The number of piperidine rings is 1. The van der Waals surface area contributed by atoms with Crippen LogP contribution in [0.25, 0.3) is 0 Å². The van der Waals surface area contributed by atoms with Crippen molar-refractivity contribution in [2.45, 2.75) is 58.2 Å². The smallest absolute Gasteiger partial charge is 0.232 e. The maximum atomic E-state index is 13.3. The molecule has 0 aliphatic carbocycles. The molecule has 2 heterocycles. The molecule has 1 unspecified atom stereocenters. The summed E-state index contributed by atoms with van der Waals surface area (Å²) in [6, 6.07) is 4.83. The Hall–Kier alpha value is -2.19. The molecule has 0 bridgehead atoms. The Kier molecular flexibility index (Phi) is 7.31. The molecule has 30 heavy (non-hydrogen) atoms. The van der Waals surface area contributed by atoms with Crippen molar-refractivity contribution in [3.05, 3.63) is 46.3 Å². The van der Waals surface area contributed by atoms with E-state index in [0.29, 0.717) is 35.8 Å². The second kappa shape index (κ2) is 9.75. The SMILES string of the molecule is CN=C(NCc1noc(C(C)(C)C)n1)NC1CCCN(Cc2ccc(F)cc2Cl)C1. The van der Waals surface area contributed by atoms with Gasteiger partial charge < -0.3 is 15.2 Å². The van der Waals surface area contributed by atoms with Crippen LogP contribution in [0.15, 0.2) is 27.7 Å². The van der Waals surface area contributed by atoms with Crippen LogP contribution in [-0.4, -0.2) is 47.2 Å². The van der Waals surface area contributed by atoms with E-state index in [9.17, 15) is 4.39 Å². The van der Waals surface area contributed by atoms with E-state index in [1.165, 1.54) is 12.1 Å². The van der Waals surface area contributed by atoms with Crippen molar-refractivity contribution in [3.63, 3.8) is 0 Å². The van der Waals surface area contributed by atoms with Gasteiger partial charge in [-0.2, -0.15) is 4.98 Å². The van der Waals surface area contributed by atoms with Crippen LogP contribution in [0.3, 0.4) is 0 Å². The normalized spacial score (nSPS) is 18.5. The summed E-state index contributed by atoms with van der Waals surface area (Å²) in [7, 11) is 1.74. The summed E-state index contributed by atoms with van der Waals surface area (Å²) in [5, 5.41) is 11.2. The van der Waals surface area contributed by atoms with E-state index in [-0.39, 0.29) is 17.3 Å². The van der Waals surface area contributed by atoms with E-state index >= 15 is 0 Å². The Labute approximate surface area is 182 Å². The predicted molar refractivity (Wildman–Crippen MR) is 116 cm³/mol. The summed E-state index contributed by atoms with van der Waals surface area (Å²) >= 11 is 6.19. The first-order valence-electron chi connectivity index (χ1n) is 10.2. The van der Waals surface area contributed by atoms with Crippen molar-refractivity contribution in [2.75, 3.05) is 20.1 Å². The standard InChI is InChI=1S/C21H30ClFN6O/c1-21(2,3)19-27-18(28-30-19)11-25-20(24-4)26-16-6-5-9-29(13-16)12-14-7-8-15(23)10-17(14)22/h7-8,10,16H,5-6,9,11-13H2,1-4H3,(H2,24,25,26). The van der Waals surface area contributed by atoms with Gasteiger partial charge in [0.15, 0.2) is 11.8 Å². The Morgan fingerprint density at radius 3 is 2.87 bits per heavy atom. The number of rotatable bonds is 5. The minimum Gasteiger partial charge on any atom is -0.352 e. The van der Waals surface area contributed by atoms with Crippen molar-refractivity contribution in [2.24, 2.45) is 4.99 Å². The number of halogens is 2. The molecule has 2 aromatic rings. The predicted octanol–water partition coefficient (Wildman–Crippen LogP) is 3.49. The van der Waals surface area contributed by atoms with Crippen LogP contribution in [0.2, 0.25) is 5.02 Å². The largest absolute Gasteiger partial charge is 0.352 e. The molecular weight excluding hydrogens is 407 g/mol. The number of benzene rings is 1. The lowest BCUT2D eigenvalue weighted by atomic mass is 9.97. The van der Waals surface area contributed by atoms with Gasteiger partial charge in [0.1, 0.15) is 5.82 Å². The number of aliphatic imine (C=N–C) groups is 1. The highest BCUT2D eigenvalue weighted by atomic mass is 35.5. The van der Waals surface area contributed by atoms with Crippen molar-refractivity contribution < 1.29 is 8.91 Å². The molecule has 3 rings (SSSR count). The minimum absolute atomic E-state index is 0.176. The molecule has 0 radical (unpaired) electrons. The number of nitrogens with one attached hydrogen (secondary N) is 2. The van der Waals surface area contributed by atoms with Gasteiger partial charge in [-0.25, -0.2) is 4.39 Å². The second-order valence-corrected chi connectivity index (χ2v) is 9.05. The third-order valence-electron chi connectivity index (χ3n) is 5.00.